The Kier molecular flexibility index (Phi) is 4.33. The molecule has 18 heavy (non-hydrogen) atoms. The number of nitrogens with one attached hydrogen (secondary N) is 1. The van der Waals surface area contributed by atoms with Crippen molar-refractivity contribution < 1.29 is 0 Å². The second-order valence-corrected chi connectivity index (χ2v) is 4.38. The van der Waals surface area contributed by atoms with E-state index in [-0.39, 0.29) is 6.04 Å². The summed E-state index contributed by atoms with van der Waals surface area (Å²) in [6.07, 6.45) is 9.16. The Morgan fingerprint density at radius 1 is 1.39 bits per heavy atom. The van der Waals surface area contributed by atoms with E-state index in [1.54, 1.807) is 0 Å². The monoisotopic (exact) mass is 238 g/mol. The molecule has 0 aliphatic rings. The molecule has 0 saturated carbocycles. The Balaban J connectivity index is 2.29. The molecule has 2 heteroatoms. The van der Waals surface area contributed by atoms with Gasteiger partial charge in [0.25, 0.3) is 0 Å². The molecule has 1 atom stereocenters. The number of terminal acetylenes is 1. The van der Waals surface area contributed by atoms with Crippen molar-refractivity contribution in [3.8, 4) is 12.3 Å². The summed E-state index contributed by atoms with van der Waals surface area (Å²) < 4.78 is 0. The molecule has 1 unspecified atom stereocenters. The number of nitrogens with zero attached hydrogens (tertiary/aromatic N) is 1. The van der Waals surface area contributed by atoms with E-state index in [0.717, 1.165) is 23.9 Å². The molecule has 2 aromatic rings. The van der Waals surface area contributed by atoms with E-state index in [1.165, 1.54) is 5.56 Å². The molecule has 0 amide bonds. The van der Waals surface area contributed by atoms with Crippen molar-refractivity contribution in [2.75, 3.05) is 6.54 Å². The van der Waals surface area contributed by atoms with Gasteiger partial charge in [-0.25, -0.2) is 0 Å². The number of para-hydroxylation sites is 1. The molecule has 0 radical (unpaired) electrons. The van der Waals surface area contributed by atoms with Crippen molar-refractivity contribution in [3.63, 3.8) is 0 Å². The van der Waals surface area contributed by atoms with Gasteiger partial charge >= 0.3 is 0 Å². The van der Waals surface area contributed by atoms with Crippen LogP contribution in [-0.4, -0.2) is 11.5 Å². The first kappa shape index (κ1) is 12.6. The van der Waals surface area contributed by atoms with Crippen LogP contribution in [0.2, 0.25) is 0 Å². The third-order valence-corrected chi connectivity index (χ3v) is 2.98. The summed E-state index contributed by atoms with van der Waals surface area (Å²) in [6, 6.07) is 10.5. The van der Waals surface area contributed by atoms with Gasteiger partial charge in [0.15, 0.2) is 0 Å². The first-order valence-electron chi connectivity index (χ1n) is 6.36. The van der Waals surface area contributed by atoms with Crippen molar-refractivity contribution in [1.82, 2.24) is 10.3 Å². The van der Waals surface area contributed by atoms with Gasteiger partial charge in [0.2, 0.25) is 0 Å². The largest absolute Gasteiger partial charge is 0.309 e. The Bertz CT molecular complexity index is 554. The first-order chi connectivity index (χ1) is 8.85. The highest BCUT2D eigenvalue weighted by atomic mass is 14.9. The molecule has 0 aliphatic heterocycles. The van der Waals surface area contributed by atoms with E-state index < -0.39 is 0 Å². The summed E-state index contributed by atoms with van der Waals surface area (Å²) in [6.45, 7) is 3.12. The fourth-order valence-corrected chi connectivity index (χ4v) is 2.02. The fraction of sp³-hybridized carbons (Fsp3) is 0.312. The third-order valence-electron chi connectivity index (χ3n) is 2.98. The van der Waals surface area contributed by atoms with Crippen LogP contribution >= 0.6 is 0 Å². The molecule has 0 spiro atoms. The van der Waals surface area contributed by atoms with Crippen molar-refractivity contribution in [2.45, 2.75) is 25.8 Å². The zero-order valence-electron chi connectivity index (χ0n) is 10.7. The second-order valence-electron chi connectivity index (χ2n) is 4.38. The quantitative estimate of drug-likeness (QED) is 0.808. The minimum Gasteiger partial charge on any atom is -0.309 e. The zero-order chi connectivity index (χ0) is 12.8. The molecule has 0 fully saturated rings. The maximum atomic E-state index is 5.44. The molecule has 1 heterocycles. The molecular formula is C16H18N2. The van der Waals surface area contributed by atoms with Crippen LogP contribution in [0.1, 0.15) is 31.4 Å². The van der Waals surface area contributed by atoms with Crippen LogP contribution in [0.3, 0.4) is 0 Å². The van der Waals surface area contributed by atoms with Crippen molar-refractivity contribution in [2.24, 2.45) is 0 Å². The average molecular weight is 238 g/mol. The minimum atomic E-state index is 0.201. The van der Waals surface area contributed by atoms with Gasteiger partial charge in [0.1, 0.15) is 0 Å². The highest BCUT2D eigenvalue weighted by Gasteiger charge is 2.10. The summed E-state index contributed by atoms with van der Waals surface area (Å²) in [5.74, 6) is 2.73. The first-order valence-corrected chi connectivity index (χ1v) is 6.36. The lowest BCUT2D eigenvalue weighted by molar-refractivity contribution is 0.542. The molecule has 2 nitrogen and oxygen atoms in total. The maximum Gasteiger partial charge on any atom is 0.0702 e. The van der Waals surface area contributed by atoms with Gasteiger partial charge in [-0.1, -0.05) is 25.1 Å². The van der Waals surface area contributed by atoms with Gasteiger partial charge < -0.3 is 5.32 Å². The van der Waals surface area contributed by atoms with Crippen LogP contribution < -0.4 is 5.32 Å². The van der Waals surface area contributed by atoms with Gasteiger partial charge in [-0.3, -0.25) is 4.98 Å². The highest BCUT2D eigenvalue weighted by Crippen LogP contribution is 2.20. The number of benzene rings is 1. The van der Waals surface area contributed by atoms with Crippen LogP contribution in [0.25, 0.3) is 10.9 Å². The predicted octanol–water partition coefficient (Wildman–Crippen LogP) is 3.30. The maximum absolute atomic E-state index is 5.44. The van der Waals surface area contributed by atoms with Gasteiger partial charge in [0.05, 0.1) is 5.52 Å². The fourth-order valence-electron chi connectivity index (χ4n) is 2.02. The average Bonchev–Trinajstić information content (AvgIpc) is 2.43. The molecule has 0 bridgehead atoms. The number of aromatic nitrogens is 1. The Labute approximate surface area is 108 Å². The van der Waals surface area contributed by atoms with E-state index in [2.05, 4.69) is 35.3 Å². The normalized spacial score (nSPS) is 12.2. The van der Waals surface area contributed by atoms with Gasteiger partial charge in [-0.15, -0.1) is 12.3 Å². The molecular weight excluding hydrogens is 220 g/mol. The number of fused-ring (bicyclic) bond motifs is 1. The third kappa shape index (κ3) is 2.88. The van der Waals surface area contributed by atoms with E-state index in [9.17, 15) is 0 Å². The topological polar surface area (TPSA) is 24.9 Å². The van der Waals surface area contributed by atoms with Crippen LogP contribution in [0.15, 0.2) is 36.5 Å². The molecule has 92 valence electrons. The second kappa shape index (κ2) is 6.18. The number of hydrogen-bond acceptors (Lipinski definition) is 2. The van der Waals surface area contributed by atoms with Crippen LogP contribution in [-0.2, 0) is 0 Å². The molecule has 1 N–H and O–H groups in total. The van der Waals surface area contributed by atoms with Crippen LogP contribution in [0, 0.1) is 12.3 Å². The minimum absolute atomic E-state index is 0.201. The molecule has 1 aromatic carbocycles. The van der Waals surface area contributed by atoms with E-state index >= 15 is 0 Å². The Morgan fingerprint density at radius 3 is 3.00 bits per heavy atom. The lowest BCUT2D eigenvalue weighted by Gasteiger charge is -2.16. The summed E-state index contributed by atoms with van der Waals surface area (Å²) >= 11 is 0. The molecule has 1 aromatic heterocycles. The van der Waals surface area contributed by atoms with E-state index in [0.29, 0.717) is 6.42 Å². The molecule has 2 rings (SSSR count). The van der Waals surface area contributed by atoms with Crippen molar-refractivity contribution in [1.29, 1.82) is 0 Å². The standard InChI is InChI=1S/C16H18N2/c1-3-7-15(17-10-4-2)14-11-13-8-5-6-9-16(13)18-12-14/h1,5-6,8-9,11-12,15,17H,4,7,10H2,2H3. The van der Waals surface area contributed by atoms with Gasteiger partial charge in [-0.2, -0.15) is 0 Å². The Hall–Kier alpha value is -1.85. The Morgan fingerprint density at radius 2 is 2.22 bits per heavy atom. The lowest BCUT2D eigenvalue weighted by atomic mass is 10.0. The smallest absolute Gasteiger partial charge is 0.0702 e. The summed E-state index contributed by atoms with van der Waals surface area (Å²) in [5.41, 5.74) is 2.19. The lowest BCUT2D eigenvalue weighted by Crippen LogP contribution is -2.21. The van der Waals surface area contributed by atoms with E-state index in [4.69, 9.17) is 6.42 Å². The van der Waals surface area contributed by atoms with Gasteiger partial charge in [0, 0.05) is 24.0 Å². The number of hydrogen-bond donors (Lipinski definition) is 1. The predicted molar refractivity (Wildman–Crippen MR) is 76.2 cm³/mol. The zero-order valence-corrected chi connectivity index (χ0v) is 10.7. The summed E-state index contributed by atoms with van der Waals surface area (Å²) in [4.78, 5) is 4.48. The van der Waals surface area contributed by atoms with Crippen molar-refractivity contribution in [3.05, 3.63) is 42.1 Å². The SMILES string of the molecule is C#CCC(NCCC)c1cnc2ccccc2c1. The van der Waals surface area contributed by atoms with Crippen LogP contribution in [0.5, 0.6) is 0 Å². The van der Waals surface area contributed by atoms with Gasteiger partial charge in [-0.05, 0) is 30.7 Å². The molecule has 0 saturated heterocycles. The summed E-state index contributed by atoms with van der Waals surface area (Å²) in [5, 5.41) is 4.63. The van der Waals surface area contributed by atoms with Crippen LogP contribution in [0.4, 0.5) is 0 Å². The van der Waals surface area contributed by atoms with E-state index in [1.807, 2.05) is 24.4 Å². The number of pyridine rings is 1. The summed E-state index contributed by atoms with van der Waals surface area (Å²) in [7, 11) is 0. The highest BCUT2D eigenvalue weighted by molar-refractivity contribution is 5.78. The molecule has 0 aliphatic carbocycles. The number of rotatable bonds is 5. The van der Waals surface area contributed by atoms with Crippen molar-refractivity contribution >= 4 is 10.9 Å².